The lowest BCUT2D eigenvalue weighted by Crippen LogP contribution is -1.86. The van der Waals surface area contributed by atoms with Gasteiger partial charge in [-0.2, -0.15) is 0 Å². The van der Waals surface area contributed by atoms with Gasteiger partial charge in [0.2, 0.25) is 0 Å². The second-order valence-corrected chi connectivity index (χ2v) is 3.42. The molecule has 1 aromatic carbocycles. The molecule has 0 nitrogen and oxygen atoms in total. The zero-order valence-corrected chi connectivity index (χ0v) is 8.65. The Morgan fingerprint density at radius 2 is 1.69 bits per heavy atom. The van der Waals surface area contributed by atoms with Crippen molar-refractivity contribution in [3.63, 3.8) is 0 Å². The molecule has 0 bridgehead atoms. The maximum Gasteiger partial charge on any atom is 0.0129 e. The van der Waals surface area contributed by atoms with Crippen LogP contribution in [0.5, 0.6) is 0 Å². The van der Waals surface area contributed by atoms with Crippen molar-refractivity contribution in [2.75, 3.05) is 0 Å². The third-order valence-electron chi connectivity index (χ3n) is 2.00. The molecule has 13 heavy (non-hydrogen) atoms. The molecular weight excluding hydrogens is 156 g/mol. The first-order valence-corrected chi connectivity index (χ1v) is 4.69. The maximum atomic E-state index is 3.09. The Kier molecular flexibility index (Phi) is 3.58. The molecule has 0 aliphatic heterocycles. The predicted octanol–water partition coefficient (Wildman–Crippen LogP) is 3.26. The molecular formula is C13H16. The summed E-state index contributed by atoms with van der Waals surface area (Å²) in [5, 5.41) is 0. The van der Waals surface area contributed by atoms with Gasteiger partial charge in [0.05, 0.1) is 0 Å². The molecule has 0 saturated carbocycles. The summed E-state index contributed by atoms with van der Waals surface area (Å²) < 4.78 is 0. The van der Waals surface area contributed by atoms with Crippen LogP contribution < -0.4 is 0 Å². The summed E-state index contributed by atoms with van der Waals surface area (Å²) in [6.07, 6.45) is 2.04. The molecule has 0 heterocycles. The van der Waals surface area contributed by atoms with E-state index in [1.54, 1.807) is 0 Å². The van der Waals surface area contributed by atoms with Gasteiger partial charge < -0.3 is 0 Å². The highest BCUT2D eigenvalue weighted by Gasteiger charge is 1.94. The largest absolute Gasteiger partial charge is 0.107 e. The Morgan fingerprint density at radius 3 is 2.23 bits per heavy atom. The van der Waals surface area contributed by atoms with Gasteiger partial charge in [0, 0.05) is 6.42 Å². The van der Waals surface area contributed by atoms with Crippen LogP contribution in [0.4, 0.5) is 0 Å². The van der Waals surface area contributed by atoms with E-state index in [9.17, 15) is 0 Å². The molecule has 0 aliphatic rings. The average molecular weight is 172 g/mol. The topological polar surface area (TPSA) is 0 Å². The summed E-state index contributed by atoms with van der Waals surface area (Å²) in [5.41, 5.74) is 4.10. The van der Waals surface area contributed by atoms with Gasteiger partial charge in [0.25, 0.3) is 0 Å². The minimum atomic E-state index is 0.972. The summed E-state index contributed by atoms with van der Waals surface area (Å²) in [7, 11) is 0. The van der Waals surface area contributed by atoms with E-state index >= 15 is 0 Å². The third kappa shape index (κ3) is 3.34. The van der Waals surface area contributed by atoms with E-state index in [1.807, 2.05) is 6.92 Å². The van der Waals surface area contributed by atoms with E-state index < -0.39 is 0 Å². The molecule has 0 unspecified atom stereocenters. The molecule has 0 saturated heterocycles. The lowest BCUT2D eigenvalue weighted by Gasteiger charge is -2.02. The Balaban J connectivity index is 2.69. The second-order valence-electron chi connectivity index (χ2n) is 3.42. The zero-order chi connectivity index (χ0) is 9.68. The summed E-state index contributed by atoms with van der Waals surface area (Å²) in [6.45, 7) is 6.17. The first-order valence-electron chi connectivity index (χ1n) is 4.69. The number of rotatable bonds is 2. The fourth-order valence-electron chi connectivity index (χ4n) is 1.55. The summed E-state index contributed by atoms with van der Waals surface area (Å²) in [5.74, 6) is 6.00. The maximum absolute atomic E-state index is 3.09. The molecule has 0 amide bonds. The van der Waals surface area contributed by atoms with Crippen molar-refractivity contribution >= 4 is 0 Å². The fraction of sp³-hybridized carbons (Fsp3) is 0.385. The minimum absolute atomic E-state index is 0.972. The van der Waals surface area contributed by atoms with Crippen LogP contribution in [0.3, 0.4) is 0 Å². The van der Waals surface area contributed by atoms with Crippen LogP contribution in [0, 0.1) is 25.7 Å². The number of aryl methyl sites for hydroxylation is 3. The van der Waals surface area contributed by atoms with Crippen molar-refractivity contribution < 1.29 is 0 Å². The molecule has 0 heteroatoms. The molecule has 0 N–H and O–H groups in total. The molecule has 1 aromatic rings. The Bertz CT molecular complexity index is 317. The highest BCUT2D eigenvalue weighted by Crippen LogP contribution is 2.10. The molecule has 0 spiro atoms. The highest BCUT2D eigenvalue weighted by atomic mass is 14.0. The van der Waals surface area contributed by atoms with Crippen LogP contribution >= 0.6 is 0 Å². The van der Waals surface area contributed by atoms with Crippen LogP contribution in [0.1, 0.15) is 30.0 Å². The average Bonchev–Trinajstić information content (AvgIpc) is 2.03. The van der Waals surface area contributed by atoms with Crippen molar-refractivity contribution in [1.82, 2.24) is 0 Å². The van der Waals surface area contributed by atoms with Crippen molar-refractivity contribution in [2.45, 2.75) is 33.6 Å². The van der Waals surface area contributed by atoms with E-state index in [0.29, 0.717) is 0 Å². The van der Waals surface area contributed by atoms with Gasteiger partial charge >= 0.3 is 0 Å². The van der Waals surface area contributed by atoms with Gasteiger partial charge in [0.1, 0.15) is 0 Å². The molecule has 68 valence electrons. The monoisotopic (exact) mass is 172 g/mol. The first-order chi connectivity index (χ1) is 6.22. The fourth-order valence-corrected chi connectivity index (χ4v) is 1.55. The SMILES string of the molecule is CC#CCCc1cc(C)cc(C)c1. The van der Waals surface area contributed by atoms with Crippen molar-refractivity contribution in [3.8, 4) is 11.8 Å². The number of benzene rings is 1. The second kappa shape index (κ2) is 4.72. The molecule has 0 fully saturated rings. The first kappa shape index (κ1) is 9.86. The summed E-state index contributed by atoms with van der Waals surface area (Å²) >= 11 is 0. The van der Waals surface area contributed by atoms with Crippen LogP contribution in [0.15, 0.2) is 18.2 Å². The normalized spacial score (nSPS) is 9.15. The van der Waals surface area contributed by atoms with Crippen molar-refractivity contribution in [1.29, 1.82) is 0 Å². The van der Waals surface area contributed by atoms with Crippen LogP contribution in [0.2, 0.25) is 0 Å². The zero-order valence-electron chi connectivity index (χ0n) is 8.65. The van der Waals surface area contributed by atoms with Crippen LogP contribution in [0.25, 0.3) is 0 Å². The van der Waals surface area contributed by atoms with Crippen LogP contribution in [-0.2, 0) is 6.42 Å². The smallest absolute Gasteiger partial charge is 0.0129 e. The number of hydrogen-bond acceptors (Lipinski definition) is 0. The summed E-state index contributed by atoms with van der Waals surface area (Å²) in [6, 6.07) is 6.68. The van der Waals surface area contributed by atoms with Gasteiger partial charge in [-0.3, -0.25) is 0 Å². The van der Waals surface area contributed by atoms with Gasteiger partial charge in [-0.05, 0) is 32.8 Å². The Hall–Kier alpha value is -1.22. The number of hydrogen-bond donors (Lipinski definition) is 0. The van der Waals surface area contributed by atoms with Gasteiger partial charge in [-0.1, -0.05) is 29.3 Å². The van der Waals surface area contributed by atoms with E-state index in [2.05, 4.69) is 43.9 Å². The van der Waals surface area contributed by atoms with Gasteiger partial charge in [-0.25, -0.2) is 0 Å². The molecule has 0 aliphatic carbocycles. The molecule has 0 atom stereocenters. The van der Waals surface area contributed by atoms with Gasteiger partial charge in [-0.15, -0.1) is 11.8 Å². The standard InChI is InChI=1S/C13H16/c1-4-5-6-7-13-9-11(2)8-12(3)10-13/h8-10H,6-7H2,1-3H3. The third-order valence-corrected chi connectivity index (χ3v) is 2.00. The lowest BCUT2D eigenvalue weighted by molar-refractivity contribution is 1.02. The Morgan fingerprint density at radius 1 is 1.08 bits per heavy atom. The van der Waals surface area contributed by atoms with E-state index in [1.165, 1.54) is 16.7 Å². The quantitative estimate of drug-likeness (QED) is 0.601. The Labute approximate surface area is 81.0 Å². The van der Waals surface area contributed by atoms with E-state index in [-0.39, 0.29) is 0 Å². The summed E-state index contributed by atoms with van der Waals surface area (Å²) in [4.78, 5) is 0. The van der Waals surface area contributed by atoms with Crippen molar-refractivity contribution in [3.05, 3.63) is 34.9 Å². The van der Waals surface area contributed by atoms with E-state index in [4.69, 9.17) is 0 Å². The van der Waals surface area contributed by atoms with Crippen molar-refractivity contribution in [2.24, 2.45) is 0 Å². The molecule has 0 radical (unpaired) electrons. The van der Waals surface area contributed by atoms with E-state index in [0.717, 1.165) is 12.8 Å². The highest BCUT2D eigenvalue weighted by molar-refractivity contribution is 5.28. The molecule has 0 aromatic heterocycles. The minimum Gasteiger partial charge on any atom is -0.107 e. The van der Waals surface area contributed by atoms with Crippen LogP contribution in [-0.4, -0.2) is 0 Å². The van der Waals surface area contributed by atoms with Gasteiger partial charge in [0.15, 0.2) is 0 Å². The molecule has 1 rings (SSSR count). The lowest BCUT2D eigenvalue weighted by atomic mass is 10.0. The predicted molar refractivity (Wildman–Crippen MR) is 57.7 cm³/mol.